The van der Waals surface area contributed by atoms with Crippen molar-refractivity contribution in [2.24, 2.45) is 5.10 Å². The third-order valence-corrected chi connectivity index (χ3v) is 1.28. The van der Waals surface area contributed by atoms with Crippen LogP contribution in [0.3, 0.4) is 0 Å². The summed E-state index contributed by atoms with van der Waals surface area (Å²) in [5.74, 6) is 0. The van der Waals surface area contributed by atoms with Crippen molar-refractivity contribution in [2.75, 3.05) is 13.1 Å². The monoisotopic (exact) mass is 98.1 g/mol. The van der Waals surface area contributed by atoms with Gasteiger partial charge in [0.25, 0.3) is 0 Å². The summed E-state index contributed by atoms with van der Waals surface area (Å²) >= 11 is 0. The van der Waals surface area contributed by atoms with Crippen LogP contribution in [0.25, 0.3) is 0 Å². The van der Waals surface area contributed by atoms with E-state index >= 15 is 0 Å². The molecule has 0 aromatic rings. The maximum absolute atomic E-state index is 3.77. The smallest absolute Gasteiger partial charge is 0.0360 e. The summed E-state index contributed by atoms with van der Waals surface area (Å²) in [4.78, 5) is 0. The molecule has 1 heterocycles. The van der Waals surface area contributed by atoms with Gasteiger partial charge in [0.1, 0.15) is 0 Å². The Morgan fingerprint density at radius 2 is 1.86 bits per heavy atom. The van der Waals surface area contributed by atoms with Gasteiger partial charge in [-0.25, -0.2) is 0 Å². The van der Waals surface area contributed by atoms with Gasteiger partial charge in [-0.05, 0) is 12.8 Å². The second-order valence-electron chi connectivity index (χ2n) is 1.80. The summed E-state index contributed by atoms with van der Waals surface area (Å²) < 4.78 is 0. The lowest BCUT2D eigenvalue weighted by molar-refractivity contribution is 0.364. The fourth-order valence-electron chi connectivity index (χ4n) is 0.842. The summed E-state index contributed by atoms with van der Waals surface area (Å²) in [6.45, 7) is 5.65. The Bertz CT molecular complexity index is 64.5. The number of nitrogens with zero attached hydrogens (tertiary/aromatic N) is 2. The number of hydrazone groups is 1. The maximum atomic E-state index is 3.77. The average Bonchev–Trinajstić information content (AvgIpc) is 2.14. The van der Waals surface area contributed by atoms with Crippen molar-refractivity contribution in [3.63, 3.8) is 0 Å². The first-order valence-corrected chi connectivity index (χ1v) is 2.65. The molecule has 1 aliphatic rings. The molecule has 0 saturated carbocycles. The largest absolute Gasteiger partial charge is 0.298 e. The topological polar surface area (TPSA) is 15.6 Å². The van der Waals surface area contributed by atoms with Gasteiger partial charge in [-0.1, -0.05) is 0 Å². The third kappa shape index (κ3) is 0.918. The van der Waals surface area contributed by atoms with Crippen molar-refractivity contribution >= 4 is 6.72 Å². The molecule has 0 spiro atoms. The molecular weight excluding hydrogens is 88.1 g/mol. The summed E-state index contributed by atoms with van der Waals surface area (Å²) in [6, 6.07) is 0. The van der Waals surface area contributed by atoms with Crippen LogP contribution in [-0.2, 0) is 0 Å². The third-order valence-electron chi connectivity index (χ3n) is 1.28. The standard InChI is InChI=1S/C5H10N2/c1-6-7-4-2-3-5-7/h1-5H2. The molecule has 2 nitrogen and oxygen atoms in total. The highest BCUT2D eigenvalue weighted by atomic mass is 15.4. The first-order chi connectivity index (χ1) is 3.43. The molecular formula is C5H10N2. The van der Waals surface area contributed by atoms with E-state index in [0.717, 1.165) is 13.1 Å². The summed E-state index contributed by atoms with van der Waals surface area (Å²) in [6.07, 6.45) is 2.58. The predicted octanol–water partition coefficient (Wildman–Crippen LogP) is 0.698. The van der Waals surface area contributed by atoms with Gasteiger partial charge in [0.2, 0.25) is 0 Å². The summed E-state index contributed by atoms with van der Waals surface area (Å²) in [7, 11) is 0. The van der Waals surface area contributed by atoms with E-state index in [1.807, 2.05) is 5.01 Å². The Hall–Kier alpha value is -0.530. The fourth-order valence-corrected chi connectivity index (χ4v) is 0.842. The van der Waals surface area contributed by atoms with Gasteiger partial charge >= 0.3 is 0 Å². The van der Waals surface area contributed by atoms with Crippen LogP contribution >= 0.6 is 0 Å². The van der Waals surface area contributed by atoms with Crippen molar-refractivity contribution in [1.29, 1.82) is 0 Å². The molecule has 0 unspecified atom stereocenters. The molecule has 40 valence electrons. The minimum Gasteiger partial charge on any atom is -0.298 e. The molecule has 0 amide bonds. The normalized spacial score (nSPS) is 20.3. The van der Waals surface area contributed by atoms with Gasteiger partial charge in [0.05, 0.1) is 0 Å². The second-order valence-corrected chi connectivity index (χ2v) is 1.80. The Morgan fingerprint density at radius 1 is 1.29 bits per heavy atom. The van der Waals surface area contributed by atoms with Gasteiger partial charge < -0.3 is 0 Å². The lowest BCUT2D eigenvalue weighted by Crippen LogP contribution is -2.09. The van der Waals surface area contributed by atoms with Crippen LogP contribution in [0, 0.1) is 0 Å². The molecule has 0 aromatic heterocycles. The fraction of sp³-hybridized carbons (Fsp3) is 0.800. The van der Waals surface area contributed by atoms with E-state index in [1.54, 1.807) is 0 Å². The zero-order chi connectivity index (χ0) is 5.11. The van der Waals surface area contributed by atoms with E-state index in [-0.39, 0.29) is 0 Å². The zero-order valence-electron chi connectivity index (χ0n) is 4.43. The van der Waals surface area contributed by atoms with Gasteiger partial charge in [-0.2, -0.15) is 5.10 Å². The molecule has 1 saturated heterocycles. The van der Waals surface area contributed by atoms with E-state index in [2.05, 4.69) is 11.8 Å². The van der Waals surface area contributed by atoms with E-state index in [9.17, 15) is 0 Å². The Morgan fingerprint density at radius 3 is 2.14 bits per heavy atom. The van der Waals surface area contributed by atoms with E-state index in [0.29, 0.717) is 0 Å². The molecule has 0 radical (unpaired) electrons. The molecule has 1 aliphatic heterocycles. The van der Waals surface area contributed by atoms with Gasteiger partial charge in [0.15, 0.2) is 0 Å². The highest BCUT2D eigenvalue weighted by molar-refractivity contribution is 5.22. The second kappa shape index (κ2) is 1.96. The predicted molar refractivity (Wildman–Crippen MR) is 30.4 cm³/mol. The summed E-state index contributed by atoms with van der Waals surface area (Å²) in [5.41, 5.74) is 0. The van der Waals surface area contributed by atoms with Crippen molar-refractivity contribution in [3.05, 3.63) is 0 Å². The minimum atomic E-state index is 1.11. The molecule has 2 heteroatoms. The minimum absolute atomic E-state index is 1.11. The van der Waals surface area contributed by atoms with Crippen molar-refractivity contribution < 1.29 is 0 Å². The Labute approximate surface area is 43.8 Å². The van der Waals surface area contributed by atoms with Gasteiger partial charge in [-0.3, -0.25) is 5.01 Å². The lowest BCUT2D eigenvalue weighted by Gasteiger charge is -2.05. The number of hydrogen-bond donors (Lipinski definition) is 0. The van der Waals surface area contributed by atoms with Crippen molar-refractivity contribution in [2.45, 2.75) is 12.8 Å². The van der Waals surface area contributed by atoms with Gasteiger partial charge in [-0.15, -0.1) is 0 Å². The molecule has 0 aliphatic carbocycles. The molecule has 0 bridgehead atoms. The maximum Gasteiger partial charge on any atom is 0.0360 e. The molecule has 1 rings (SSSR count). The van der Waals surface area contributed by atoms with Crippen molar-refractivity contribution in [3.8, 4) is 0 Å². The first-order valence-electron chi connectivity index (χ1n) is 2.65. The summed E-state index contributed by atoms with van der Waals surface area (Å²) in [5, 5.41) is 5.77. The van der Waals surface area contributed by atoms with Crippen LogP contribution < -0.4 is 0 Å². The zero-order valence-corrected chi connectivity index (χ0v) is 4.43. The average molecular weight is 98.1 g/mol. The molecule has 7 heavy (non-hydrogen) atoms. The number of hydrogen-bond acceptors (Lipinski definition) is 2. The lowest BCUT2D eigenvalue weighted by atomic mass is 10.4. The van der Waals surface area contributed by atoms with Crippen LogP contribution in [-0.4, -0.2) is 24.8 Å². The molecule has 0 N–H and O–H groups in total. The van der Waals surface area contributed by atoms with Crippen molar-refractivity contribution in [1.82, 2.24) is 5.01 Å². The number of rotatable bonds is 1. The molecule has 0 aromatic carbocycles. The van der Waals surface area contributed by atoms with Crippen LogP contribution in [0.4, 0.5) is 0 Å². The van der Waals surface area contributed by atoms with Crippen LogP contribution in [0.2, 0.25) is 0 Å². The molecule has 1 fully saturated rings. The van der Waals surface area contributed by atoms with E-state index < -0.39 is 0 Å². The van der Waals surface area contributed by atoms with Gasteiger partial charge in [0, 0.05) is 19.8 Å². The Balaban J connectivity index is 2.26. The van der Waals surface area contributed by atoms with Crippen LogP contribution in [0.1, 0.15) is 12.8 Å². The highest BCUT2D eigenvalue weighted by Gasteiger charge is 2.05. The first kappa shape index (κ1) is 4.62. The highest BCUT2D eigenvalue weighted by Crippen LogP contribution is 2.05. The van der Waals surface area contributed by atoms with Crippen LogP contribution in [0.5, 0.6) is 0 Å². The SMILES string of the molecule is C=NN1CCCC1. The Kier molecular flexibility index (Phi) is 1.29. The quantitative estimate of drug-likeness (QED) is 0.441. The van der Waals surface area contributed by atoms with Crippen LogP contribution in [0.15, 0.2) is 5.10 Å². The van der Waals surface area contributed by atoms with E-state index in [4.69, 9.17) is 0 Å². The van der Waals surface area contributed by atoms with E-state index in [1.165, 1.54) is 12.8 Å². The molecule has 0 atom stereocenters.